The summed E-state index contributed by atoms with van der Waals surface area (Å²) in [7, 11) is 0. The highest BCUT2D eigenvalue weighted by atomic mass is 16.5. The van der Waals surface area contributed by atoms with Crippen LogP contribution in [0.25, 0.3) is 0 Å². The topological polar surface area (TPSA) is 50.1 Å². The van der Waals surface area contributed by atoms with Crippen molar-refractivity contribution in [3.8, 4) is 6.07 Å². The second kappa shape index (κ2) is 11.3. The van der Waals surface area contributed by atoms with Gasteiger partial charge in [-0.2, -0.15) is 5.26 Å². The highest BCUT2D eigenvalue weighted by Crippen LogP contribution is 2.30. The molecule has 0 unspecified atom stereocenters. The van der Waals surface area contributed by atoms with Crippen LogP contribution in [-0.2, 0) is 11.2 Å². The van der Waals surface area contributed by atoms with Crippen molar-refractivity contribution < 1.29 is 9.53 Å². The molecule has 26 heavy (non-hydrogen) atoms. The molecular formula is C23H29NO2. The number of esters is 1. The summed E-state index contributed by atoms with van der Waals surface area (Å²) in [6, 6.07) is 9.79. The Labute approximate surface area is 157 Å². The van der Waals surface area contributed by atoms with Crippen LogP contribution in [0, 0.1) is 17.2 Å². The Morgan fingerprint density at radius 2 is 1.92 bits per heavy atom. The van der Waals surface area contributed by atoms with Crippen LogP contribution in [0.1, 0.15) is 67.8 Å². The third-order valence-electron chi connectivity index (χ3n) is 4.96. The van der Waals surface area contributed by atoms with E-state index in [-0.39, 0.29) is 12.1 Å². The van der Waals surface area contributed by atoms with Gasteiger partial charge in [-0.05, 0) is 68.6 Å². The van der Waals surface area contributed by atoms with Gasteiger partial charge in [0.25, 0.3) is 0 Å². The van der Waals surface area contributed by atoms with E-state index in [1.165, 1.54) is 11.6 Å². The number of nitriles is 1. The number of carbonyl (C=O) groups excluding carboxylic acids is 1. The smallest absolute Gasteiger partial charge is 0.338 e. The molecule has 0 saturated heterocycles. The molecule has 0 radical (unpaired) electrons. The Morgan fingerprint density at radius 1 is 1.19 bits per heavy atom. The summed E-state index contributed by atoms with van der Waals surface area (Å²) in [5, 5.41) is 8.41. The predicted octanol–water partition coefficient (Wildman–Crippen LogP) is 5.77. The van der Waals surface area contributed by atoms with E-state index < -0.39 is 0 Å². The number of benzene rings is 1. The maximum absolute atomic E-state index is 12.3. The molecule has 3 nitrogen and oxygen atoms in total. The molecule has 0 aliphatic heterocycles. The van der Waals surface area contributed by atoms with Crippen molar-refractivity contribution in [1.82, 2.24) is 0 Å². The largest absolute Gasteiger partial charge is 0.459 e. The molecule has 138 valence electrons. The quantitative estimate of drug-likeness (QED) is 0.339. The van der Waals surface area contributed by atoms with Gasteiger partial charge < -0.3 is 4.74 Å². The molecule has 1 aromatic rings. The normalized spacial score (nSPS) is 20.3. The molecule has 2 rings (SSSR count). The van der Waals surface area contributed by atoms with Gasteiger partial charge in [-0.15, -0.1) is 0 Å². The molecule has 1 aliphatic rings. The van der Waals surface area contributed by atoms with Crippen molar-refractivity contribution in [2.24, 2.45) is 5.92 Å². The van der Waals surface area contributed by atoms with E-state index in [0.717, 1.165) is 51.4 Å². The van der Waals surface area contributed by atoms with Gasteiger partial charge in [0.2, 0.25) is 0 Å². The monoisotopic (exact) mass is 351 g/mol. The fraction of sp³-hybridized carbons (Fsp3) is 0.478. The van der Waals surface area contributed by atoms with Crippen LogP contribution in [0.2, 0.25) is 0 Å². The fourth-order valence-corrected chi connectivity index (χ4v) is 3.46. The summed E-state index contributed by atoms with van der Waals surface area (Å²) in [6.45, 7) is 2.15. The molecule has 1 fully saturated rings. The van der Waals surface area contributed by atoms with E-state index in [4.69, 9.17) is 10.00 Å². The number of aryl methyl sites for hydroxylation is 1. The lowest BCUT2D eigenvalue weighted by atomic mass is 9.84. The second-order valence-electron chi connectivity index (χ2n) is 6.99. The average molecular weight is 351 g/mol. The third kappa shape index (κ3) is 6.88. The van der Waals surface area contributed by atoms with Gasteiger partial charge in [0.15, 0.2) is 0 Å². The molecule has 1 aromatic carbocycles. The summed E-state index contributed by atoms with van der Waals surface area (Å²) in [4.78, 5) is 12.3. The summed E-state index contributed by atoms with van der Waals surface area (Å²) < 4.78 is 5.70. The Balaban J connectivity index is 1.69. The molecule has 0 heterocycles. The van der Waals surface area contributed by atoms with Crippen LogP contribution >= 0.6 is 0 Å². The van der Waals surface area contributed by atoms with Crippen molar-refractivity contribution in [2.75, 3.05) is 0 Å². The Kier molecular flexibility index (Phi) is 8.69. The van der Waals surface area contributed by atoms with Crippen molar-refractivity contribution in [3.63, 3.8) is 0 Å². The van der Waals surface area contributed by atoms with Gasteiger partial charge in [0.1, 0.15) is 6.10 Å². The number of hydrogen-bond donors (Lipinski definition) is 0. The minimum absolute atomic E-state index is 0.0585. The molecule has 3 heteroatoms. The Morgan fingerprint density at radius 3 is 2.58 bits per heavy atom. The molecule has 1 aliphatic carbocycles. The molecule has 0 amide bonds. The minimum atomic E-state index is -0.191. The van der Waals surface area contributed by atoms with Crippen molar-refractivity contribution in [3.05, 3.63) is 59.7 Å². The van der Waals surface area contributed by atoms with Gasteiger partial charge in [0.05, 0.1) is 11.6 Å². The SMILES string of the molecule is CCCc1ccc(C(=O)OC2CCC(CC/C=C/C=CC#N)CC2)cc1. The molecule has 0 atom stereocenters. The molecule has 0 bridgehead atoms. The average Bonchev–Trinajstić information content (AvgIpc) is 2.66. The minimum Gasteiger partial charge on any atom is -0.459 e. The summed E-state index contributed by atoms with van der Waals surface area (Å²) >= 11 is 0. The first-order valence-corrected chi connectivity index (χ1v) is 9.74. The highest BCUT2D eigenvalue weighted by molar-refractivity contribution is 5.89. The van der Waals surface area contributed by atoms with Gasteiger partial charge >= 0.3 is 5.97 Å². The van der Waals surface area contributed by atoms with Gasteiger partial charge in [-0.1, -0.05) is 43.7 Å². The molecule has 1 saturated carbocycles. The third-order valence-corrected chi connectivity index (χ3v) is 4.96. The lowest BCUT2D eigenvalue weighted by Crippen LogP contribution is -2.24. The standard InChI is InChI=1S/C23H29NO2/c1-2-8-19-10-14-21(15-11-19)23(25)26-22-16-12-20(13-17-22)9-6-4-3-5-7-18-24/h3-5,7,10-11,14-15,20,22H,2,6,8-9,12-13,16-17H2,1H3/b4-3+,7-5?. The van der Waals surface area contributed by atoms with E-state index >= 15 is 0 Å². The molecule has 0 aromatic heterocycles. The number of rotatable bonds is 8. The summed E-state index contributed by atoms with van der Waals surface area (Å²) in [6.07, 6.45) is 15.9. The van der Waals surface area contributed by atoms with Crippen LogP contribution in [0.15, 0.2) is 48.6 Å². The van der Waals surface area contributed by atoms with Crippen LogP contribution in [0.5, 0.6) is 0 Å². The lowest BCUT2D eigenvalue weighted by molar-refractivity contribution is 0.0162. The van der Waals surface area contributed by atoms with Crippen LogP contribution in [0.4, 0.5) is 0 Å². The van der Waals surface area contributed by atoms with E-state index in [9.17, 15) is 4.79 Å². The van der Waals surface area contributed by atoms with Crippen LogP contribution in [-0.4, -0.2) is 12.1 Å². The molecular weight excluding hydrogens is 322 g/mol. The highest BCUT2D eigenvalue weighted by Gasteiger charge is 2.23. The summed E-state index contributed by atoms with van der Waals surface area (Å²) in [5.41, 5.74) is 1.92. The van der Waals surface area contributed by atoms with Crippen molar-refractivity contribution in [1.29, 1.82) is 5.26 Å². The zero-order chi connectivity index (χ0) is 18.6. The van der Waals surface area contributed by atoms with E-state index in [1.807, 2.05) is 36.4 Å². The van der Waals surface area contributed by atoms with Crippen LogP contribution in [0.3, 0.4) is 0 Å². The number of ether oxygens (including phenoxy) is 1. The van der Waals surface area contributed by atoms with Crippen molar-refractivity contribution in [2.45, 2.75) is 64.4 Å². The van der Waals surface area contributed by atoms with Crippen molar-refractivity contribution >= 4 is 5.97 Å². The van der Waals surface area contributed by atoms with Gasteiger partial charge in [0, 0.05) is 6.08 Å². The van der Waals surface area contributed by atoms with Gasteiger partial charge in [-0.25, -0.2) is 4.79 Å². The first-order valence-electron chi connectivity index (χ1n) is 9.74. The number of nitrogens with zero attached hydrogens (tertiary/aromatic N) is 1. The Bertz CT molecular complexity index is 644. The van der Waals surface area contributed by atoms with Crippen LogP contribution < -0.4 is 0 Å². The first-order chi connectivity index (χ1) is 12.7. The first kappa shape index (κ1) is 20.0. The fourth-order valence-electron chi connectivity index (χ4n) is 3.46. The summed E-state index contributed by atoms with van der Waals surface area (Å²) in [5.74, 6) is 0.520. The number of carbonyl (C=O) groups is 1. The number of allylic oxidation sites excluding steroid dienone is 4. The van der Waals surface area contributed by atoms with E-state index in [0.29, 0.717) is 11.5 Å². The van der Waals surface area contributed by atoms with Gasteiger partial charge in [-0.3, -0.25) is 0 Å². The second-order valence-corrected chi connectivity index (χ2v) is 6.99. The zero-order valence-electron chi connectivity index (χ0n) is 15.7. The zero-order valence-corrected chi connectivity index (χ0v) is 15.7. The van der Waals surface area contributed by atoms with E-state index in [1.54, 1.807) is 6.08 Å². The predicted molar refractivity (Wildman–Crippen MR) is 105 cm³/mol. The maximum atomic E-state index is 12.3. The van der Waals surface area contributed by atoms with E-state index in [2.05, 4.69) is 13.0 Å². The lowest BCUT2D eigenvalue weighted by Gasteiger charge is -2.28. The molecule has 0 N–H and O–H groups in total. The molecule has 0 spiro atoms. The maximum Gasteiger partial charge on any atom is 0.338 e. The Hall–Kier alpha value is -2.34. The number of hydrogen-bond acceptors (Lipinski definition) is 3.